The van der Waals surface area contributed by atoms with Gasteiger partial charge in [0.2, 0.25) is 0 Å². The average Bonchev–Trinajstić information content (AvgIpc) is 3.38. The summed E-state index contributed by atoms with van der Waals surface area (Å²) in [5, 5.41) is 17.3. The molecule has 2 saturated heterocycles. The Bertz CT molecular complexity index is 1240. The van der Waals surface area contributed by atoms with E-state index in [0.717, 1.165) is 70.0 Å². The summed E-state index contributed by atoms with van der Waals surface area (Å²) in [5.74, 6) is 0. The van der Waals surface area contributed by atoms with Gasteiger partial charge in [-0.05, 0) is 55.7 Å². The molecular formula is C27H33N7O. The molecule has 0 unspecified atom stereocenters. The predicted molar refractivity (Wildman–Crippen MR) is 139 cm³/mol. The Morgan fingerprint density at radius 1 is 1.06 bits per heavy atom. The van der Waals surface area contributed by atoms with Gasteiger partial charge in [0.25, 0.3) is 0 Å². The van der Waals surface area contributed by atoms with Crippen LogP contribution in [0.5, 0.6) is 0 Å². The Balaban J connectivity index is 1.23. The van der Waals surface area contributed by atoms with E-state index < -0.39 is 0 Å². The first-order valence-corrected chi connectivity index (χ1v) is 12.8. The first-order valence-electron chi connectivity index (χ1n) is 12.8. The van der Waals surface area contributed by atoms with Crippen molar-refractivity contribution in [3.8, 4) is 6.07 Å². The lowest BCUT2D eigenvalue weighted by molar-refractivity contribution is -0.0114. The van der Waals surface area contributed by atoms with Crippen LogP contribution in [-0.4, -0.2) is 74.2 Å². The van der Waals surface area contributed by atoms with Crippen LogP contribution >= 0.6 is 0 Å². The number of morpholine rings is 1. The van der Waals surface area contributed by atoms with Crippen LogP contribution in [0, 0.1) is 11.3 Å². The van der Waals surface area contributed by atoms with Crippen molar-refractivity contribution in [2.24, 2.45) is 0 Å². The molecule has 35 heavy (non-hydrogen) atoms. The van der Waals surface area contributed by atoms with Crippen LogP contribution in [0.25, 0.3) is 5.52 Å². The molecule has 3 aromatic rings. The third kappa shape index (κ3) is 4.30. The summed E-state index contributed by atoms with van der Waals surface area (Å²) in [7, 11) is 0. The maximum atomic E-state index is 9.45. The molecule has 0 saturated carbocycles. The van der Waals surface area contributed by atoms with Crippen molar-refractivity contribution < 1.29 is 4.74 Å². The summed E-state index contributed by atoms with van der Waals surface area (Å²) in [6, 6.07) is 15.2. The minimum atomic E-state index is 0.103. The van der Waals surface area contributed by atoms with Crippen LogP contribution in [0.1, 0.15) is 24.6 Å². The first kappa shape index (κ1) is 22.2. The van der Waals surface area contributed by atoms with E-state index in [1.807, 2.05) is 12.1 Å². The van der Waals surface area contributed by atoms with Crippen molar-refractivity contribution in [2.45, 2.75) is 32.0 Å². The molecular weight excluding hydrogens is 438 g/mol. The molecule has 0 spiro atoms. The Hall–Kier alpha value is -3.28. The number of aryl methyl sites for hydroxylation is 1. The molecule has 182 valence electrons. The van der Waals surface area contributed by atoms with Gasteiger partial charge in [0, 0.05) is 63.7 Å². The highest BCUT2D eigenvalue weighted by Gasteiger charge is 2.30. The smallest absolute Gasteiger partial charge is 0.142 e. The van der Waals surface area contributed by atoms with E-state index >= 15 is 0 Å². The molecule has 0 radical (unpaired) electrons. The van der Waals surface area contributed by atoms with E-state index in [-0.39, 0.29) is 12.2 Å². The van der Waals surface area contributed by atoms with Crippen LogP contribution in [0.3, 0.4) is 0 Å². The molecule has 5 heterocycles. The van der Waals surface area contributed by atoms with Gasteiger partial charge in [-0.25, -0.2) is 4.52 Å². The standard InChI is InChI=1S/C27H33N7O/c1-20-17-33(25-7-6-23(16-28)34-26(25)8-9-30-34)19-24(35-20)18-32-12-2-3-21-4-5-22(15-27(21)32)31-13-10-29-11-14-31/h4-9,15,20,24,29H,2-3,10-14,17-19H2,1H3/t20-,24+/m1/s1. The van der Waals surface area contributed by atoms with Crippen LogP contribution in [-0.2, 0) is 11.2 Å². The molecule has 3 aliphatic rings. The zero-order valence-electron chi connectivity index (χ0n) is 20.4. The quantitative estimate of drug-likeness (QED) is 0.627. The second-order valence-corrected chi connectivity index (χ2v) is 9.92. The number of aromatic nitrogens is 2. The minimum absolute atomic E-state index is 0.103. The normalized spacial score (nSPS) is 22.8. The summed E-state index contributed by atoms with van der Waals surface area (Å²) in [6.07, 6.45) is 4.32. The summed E-state index contributed by atoms with van der Waals surface area (Å²) in [6.45, 7) is 9.96. The molecule has 0 amide bonds. The Morgan fingerprint density at radius 2 is 1.94 bits per heavy atom. The van der Waals surface area contributed by atoms with Crippen molar-refractivity contribution in [1.29, 1.82) is 5.26 Å². The van der Waals surface area contributed by atoms with Gasteiger partial charge >= 0.3 is 0 Å². The third-order valence-electron chi connectivity index (χ3n) is 7.50. The maximum absolute atomic E-state index is 9.45. The van der Waals surface area contributed by atoms with Crippen LogP contribution in [0.2, 0.25) is 0 Å². The van der Waals surface area contributed by atoms with E-state index in [0.29, 0.717) is 5.69 Å². The van der Waals surface area contributed by atoms with Crippen LogP contribution in [0.4, 0.5) is 17.1 Å². The van der Waals surface area contributed by atoms with Gasteiger partial charge in [-0.2, -0.15) is 10.4 Å². The molecule has 8 heteroatoms. The fraction of sp³-hybridized carbons (Fsp3) is 0.481. The highest BCUT2D eigenvalue weighted by molar-refractivity contribution is 5.74. The number of nitrogens with zero attached hydrogens (tertiary/aromatic N) is 6. The molecule has 1 aromatic carbocycles. The third-order valence-corrected chi connectivity index (χ3v) is 7.50. The molecule has 6 rings (SSSR count). The molecule has 2 atom stereocenters. The van der Waals surface area contributed by atoms with Crippen LogP contribution < -0.4 is 20.0 Å². The Morgan fingerprint density at radius 3 is 2.80 bits per heavy atom. The summed E-state index contributed by atoms with van der Waals surface area (Å²) < 4.78 is 8.20. The van der Waals surface area contributed by atoms with E-state index in [9.17, 15) is 5.26 Å². The fourth-order valence-electron chi connectivity index (χ4n) is 5.89. The summed E-state index contributed by atoms with van der Waals surface area (Å²) in [4.78, 5) is 7.43. The second-order valence-electron chi connectivity index (χ2n) is 9.92. The Labute approximate surface area is 206 Å². The average molecular weight is 472 g/mol. The van der Waals surface area contributed by atoms with Gasteiger partial charge in [0.1, 0.15) is 11.8 Å². The van der Waals surface area contributed by atoms with E-state index in [4.69, 9.17) is 4.74 Å². The zero-order chi connectivity index (χ0) is 23.8. The number of fused-ring (bicyclic) bond motifs is 2. The monoisotopic (exact) mass is 471 g/mol. The van der Waals surface area contributed by atoms with Gasteiger partial charge < -0.3 is 24.8 Å². The van der Waals surface area contributed by atoms with E-state index in [2.05, 4.69) is 62.4 Å². The number of pyridine rings is 1. The van der Waals surface area contributed by atoms with Crippen molar-refractivity contribution in [1.82, 2.24) is 14.9 Å². The lowest BCUT2D eigenvalue weighted by Crippen LogP contribution is -2.51. The molecule has 8 nitrogen and oxygen atoms in total. The zero-order valence-corrected chi connectivity index (χ0v) is 20.4. The number of anilines is 3. The number of hydrogen-bond donors (Lipinski definition) is 1. The predicted octanol–water partition coefficient (Wildman–Crippen LogP) is 2.66. The summed E-state index contributed by atoms with van der Waals surface area (Å²) in [5.41, 5.74) is 6.79. The van der Waals surface area contributed by atoms with Crippen molar-refractivity contribution >= 4 is 22.6 Å². The van der Waals surface area contributed by atoms with E-state index in [1.54, 1.807) is 10.7 Å². The number of nitriles is 1. The van der Waals surface area contributed by atoms with Crippen molar-refractivity contribution in [3.63, 3.8) is 0 Å². The minimum Gasteiger partial charge on any atom is -0.370 e. The summed E-state index contributed by atoms with van der Waals surface area (Å²) >= 11 is 0. The van der Waals surface area contributed by atoms with Gasteiger partial charge in [0.15, 0.2) is 0 Å². The maximum Gasteiger partial charge on any atom is 0.142 e. The molecule has 2 aromatic heterocycles. The molecule has 1 N–H and O–H groups in total. The SMILES string of the molecule is C[C@@H]1CN(c2ccc(C#N)n3nccc23)C[C@H](CN2CCCc3ccc(N4CCNCC4)cc32)O1. The highest BCUT2D eigenvalue weighted by atomic mass is 16.5. The first-order chi connectivity index (χ1) is 17.2. The van der Waals surface area contributed by atoms with Gasteiger partial charge in [-0.3, -0.25) is 0 Å². The fourth-order valence-corrected chi connectivity index (χ4v) is 5.89. The topological polar surface area (TPSA) is 72.1 Å². The lowest BCUT2D eigenvalue weighted by atomic mass is 10.00. The number of rotatable bonds is 4. The van der Waals surface area contributed by atoms with E-state index in [1.165, 1.54) is 23.4 Å². The Kier molecular flexibility index (Phi) is 5.96. The van der Waals surface area contributed by atoms with Gasteiger partial charge in [-0.15, -0.1) is 0 Å². The number of piperazine rings is 1. The number of benzene rings is 1. The van der Waals surface area contributed by atoms with Gasteiger partial charge in [-0.1, -0.05) is 6.07 Å². The van der Waals surface area contributed by atoms with Crippen molar-refractivity contribution in [3.05, 3.63) is 53.9 Å². The number of hydrogen-bond acceptors (Lipinski definition) is 7. The van der Waals surface area contributed by atoms with Gasteiger partial charge in [0.05, 0.1) is 29.6 Å². The number of ether oxygens (including phenoxy) is 1. The second kappa shape index (κ2) is 9.40. The van der Waals surface area contributed by atoms with Crippen molar-refractivity contribution in [2.75, 3.05) is 67.1 Å². The number of nitrogens with one attached hydrogen (secondary N) is 1. The molecule has 0 aliphatic carbocycles. The molecule has 0 bridgehead atoms. The molecule has 2 fully saturated rings. The largest absolute Gasteiger partial charge is 0.370 e. The lowest BCUT2D eigenvalue weighted by Gasteiger charge is -2.42. The van der Waals surface area contributed by atoms with Crippen LogP contribution in [0.15, 0.2) is 42.6 Å². The highest BCUT2D eigenvalue weighted by Crippen LogP contribution is 2.33. The molecule has 3 aliphatic heterocycles.